The summed E-state index contributed by atoms with van der Waals surface area (Å²) in [4.78, 5) is 15.3. The third kappa shape index (κ3) is 6.13. The third-order valence-electron chi connectivity index (χ3n) is 6.12. The number of methoxy groups -OCH3 is 1. The van der Waals surface area contributed by atoms with Gasteiger partial charge >= 0.3 is 0 Å². The minimum absolute atomic E-state index is 0.143. The van der Waals surface area contributed by atoms with Crippen LogP contribution in [0.15, 0.2) is 59.5 Å². The Morgan fingerprint density at radius 1 is 1.06 bits per heavy atom. The highest BCUT2D eigenvalue weighted by atomic mass is 32.2. The smallest absolute Gasteiger partial charge is 0.255 e. The normalized spacial score (nSPS) is 13.8. The van der Waals surface area contributed by atoms with Crippen LogP contribution in [-0.4, -0.2) is 38.5 Å². The Morgan fingerprint density at radius 2 is 1.71 bits per heavy atom. The minimum atomic E-state index is -3.39. The lowest BCUT2D eigenvalue weighted by molar-refractivity contribution is 0.203. The molecule has 0 fully saturated rings. The Kier molecular flexibility index (Phi) is 7.48. The zero-order valence-corrected chi connectivity index (χ0v) is 21.9. The lowest BCUT2D eigenvalue weighted by Crippen LogP contribution is -2.30. The molecule has 0 aliphatic heterocycles. The maximum absolute atomic E-state index is 12.6. The largest absolute Gasteiger partial charge is 0.496 e. The zero-order valence-electron chi connectivity index (χ0n) is 21.1. The van der Waals surface area contributed by atoms with Gasteiger partial charge in [-0.3, -0.25) is 9.52 Å². The highest BCUT2D eigenvalue weighted by molar-refractivity contribution is 7.92. The van der Waals surface area contributed by atoms with Crippen molar-refractivity contribution < 1.29 is 18.3 Å². The number of aromatic amines is 1. The molecule has 35 heavy (non-hydrogen) atoms. The van der Waals surface area contributed by atoms with Crippen LogP contribution in [0, 0.1) is 0 Å². The summed E-state index contributed by atoms with van der Waals surface area (Å²) in [5.41, 5.74) is 3.35. The second-order valence-corrected chi connectivity index (χ2v) is 12.0. The van der Waals surface area contributed by atoms with Gasteiger partial charge in [0.1, 0.15) is 5.75 Å². The first-order chi connectivity index (χ1) is 16.3. The van der Waals surface area contributed by atoms with Crippen molar-refractivity contribution >= 4 is 15.7 Å². The highest BCUT2D eigenvalue weighted by Gasteiger charge is 2.31. The van der Waals surface area contributed by atoms with E-state index in [9.17, 15) is 18.3 Å². The Bertz CT molecular complexity index is 1360. The summed E-state index contributed by atoms with van der Waals surface area (Å²) >= 11 is 0. The van der Waals surface area contributed by atoms with Crippen LogP contribution < -0.4 is 15.0 Å². The third-order valence-corrected chi connectivity index (χ3v) is 6.73. The lowest BCUT2D eigenvalue weighted by Gasteiger charge is -2.31. The summed E-state index contributed by atoms with van der Waals surface area (Å²) < 4.78 is 31.4. The average Bonchev–Trinajstić information content (AvgIpc) is 2.77. The number of pyridine rings is 1. The molecule has 0 radical (unpaired) electrons. The van der Waals surface area contributed by atoms with Crippen molar-refractivity contribution in [1.82, 2.24) is 4.98 Å². The van der Waals surface area contributed by atoms with Gasteiger partial charge in [0.2, 0.25) is 10.0 Å². The molecule has 188 valence electrons. The molecule has 1 unspecified atom stereocenters. The summed E-state index contributed by atoms with van der Waals surface area (Å²) in [6, 6.07) is 14.5. The van der Waals surface area contributed by atoms with Crippen LogP contribution >= 0.6 is 0 Å². The predicted molar refractivity (Wildman–Crippen MR) is 141 cm³/mol. The van der Waals surface area contributed by atoms with Crippen LogP contribution in [0.1, 0.15) is 44.4 Å². The monoisotopic (exact) mass is 498 g/mol. The molecule has 0 saturated carbocycles. The van der Waals surface area contributed by atoms with Crippen molar-refractivity contribution in [2.45, 2.75) is 44.9 Å². The summed E-state index contributed by atoms with van der Waals surface area (Å²) in [5.74, 6) is 0.726. The summed E-state index contributed by atoms with van der Waals surface area (Å²) in [7, 11) is -1.76. The minimum Gasteiger partial charge on any atom is -0.496 e. The SMILES string of the molecule is COc1c(CC(C)(CO)c2ccc(NS(C)(=O)=O)cc2)cc(-c2ccc[nH]c2=O)cc1C(C)(C)C. The Labute approximate surface area is 207 Å². The van der Waals surface area contributed by atoms with E-state index in [0.29, 0.717) is 17.7 Å². The van der Waals surface area contributed by atoms with Gasteiger partial charge in [0.15, 0.2) is 0 Å². The number of aliphatic hydroxyl groups is 1. The molecular weight excluding hydrogens is 464 g/mol. The van der Waals surface area contributed by atoms with Gasteiger partial charge in [0, 0.05) is 28.4 Å². The van der Waals surface area contributed by atoms with Gasteiger partial charge in [0.05, 0.1) is 20.0 Å². The Morgan fingerprint density at radius 3 is 2.23 bits per heavy atom. The van der Waals surface area contributed by atoms with Crippen LogP contribution in [0.3, 0.4) is 0 Å². The van der Waals surface area contributed by atoms with Gasteiger partial charge in [-0.2, -0.15) is 0 Å². The molecule has 8 heteroatoms. The van der Waals surface area contributed by atoms with Gasteiger partial charge in [-0.25, -0.2) is 8.42 Å². The fourth-order valence-electron chi connectivity index (χ4n) is 4.25. The molecule has 1 heterocycles. The van der Waals surface area contributed by atoms with Crippen molar-refractivity contribution in [1.29, 1.82) is 0 Å². The van der Waals surface area contributed by atoms with E-state index in [0.717, 1.165) is 34.3 Å². The average molecular weight is 499 g/mol. The van der Waals surface area contributed by atoms with E-state index in [1.54, 1.807) is 37.6 Å². The van der Waals surface area contributed by atoms with Gasteiger partial charge in [-0.15, -0.1) is 0 Å². The molecule has 0 bridgehead atoms. The first-order valence-corrected chi connectivity index (χ1v) is 13.3. The molecule has 3 N–H and O–H groups in total. The number of anilines is 1. The molecule has 3 rings (SSSR count). The number of rotatable bonds is 8. The molecule has 0 aliphatic rings. The van der Waals surface area contributed by atoms with Crippen LogP contribution in [0.4, 0.5) is 5.69 Å². The summed E-state index contributed by atoms with van der Waals surface area (Å²) in [6.45, 7) is 8.07. The predicted octanol–water partition coefficient (Wildman–Crippen LogP) is 4.21. The molecule has 1 atom stereocenters. The van der Waals surface area contributed by atoms with E-state index < -0.39 is 15.4 Å². The number of aliphatic hydroxyl groups excluding tert-OH is 1. The van der Waals surface area contributed by atoms with Crippen LogP contribution in [0.2, 0.25) is 0 Å². The Balaban J connectivity index is 2.14. The maximum atomic E-state index is 12.6. The molecule has 0 spiro atoms. The number of nitrogens with one attached hydrogen (secondary N) is 2. The number of sulfonamides is 1. The number of aromatic nitrogens is 1. The van der Waals surface area contributed by atoms with Crippen molar-refractivity contribution in [2.24, 2.45) is 0 Å². The zero-order chi connectivity index (χ0) is 26.0. The van der Waals surface area contributed by atoms with E-state index in [2.05, 4.69) is 30.5 Å². The van der Waals surface area contributed by atoms with Gasteiger partial charge in [0.25, 0.3) is 5.56 Å². The van der Waals surface area contributed by atoms with Gasteiger partial charge < -0.3 is 14.8 Å². The molecule has 0 aliphatic carbocycles. The van der Waals surface area contributed by atoms with Crippen LogP contribution in [0.25, 0.3) is 11.1 Å². The second kappa shape index (κ2) is 9.87. The van der Waals surface area contributed by atoms with E-state index >= 15 is 0 Å². The topological polar surface area (TPSA) is 108 Å². The van der Waals surface area contributed by atoms with Crippen molar-refractivity contribution in [3.05, 3.63) is 81.8 Å². The molecule has 1 aromatic heterocycles. The first kappa shape index (κ1) is 26.5. The number of hydrogen-bond donors (Lipinski definition) is 3. The van der Waals surface area contributed by atoms with E-state index in [1.807, 2.05) is 31.2 Å². The molecule has 3 aromatic rings. The van der Waals surface area contributed by atoms with Gasteiger partial charge in [-0.05, 0) is 64.9 Å². The van der Waals surface area contributed by atoms with Crippen LogP contribution in [0.5, 0.6) is 5.75 Å². The van der Waals surface area contributed by atoms with Gasteiger partial charge in [-0.1, -0.05) is 39.8 Å². The highest BCUT2D eigenvalue weighted by Crippen LogP contribution is 2.40. The quantitative estimate of drug-likeness (QED) is 0.431. The summed E-state index contributed by atoms with van der Waals surface area (Å²) in [5, 5.41) is 10.5. The van der Waals surface area contributed by atoms with E-state index in [1.165, 1.54) is 0 Å². The maximum Gasteiger partial charge on any atom is 0.255 e. The fraction of sp³-hybridized carbons (Fsp3) is 0.370. The van der Waals surface area contributed by atoms with Crippen LogP contribution in [-0.2, 0) is 27.3 Å². The van der Waals surface area contributed by atoms with Crippen molar-refractivity contribution in [3.63, 3.8) is 0 Å². The number of hydrogen-bond acceptors (Lipinski definition) is 5. The summed E-state index contributed by atoms with van der Waals surface area (Å²) in [6.07, 6.45) is 3.14. The number of H-pyrrole nitrogens is 1. The molecular formula is C27H34N2O5S. The van der Waals surface area contributed by atoms with E-state index in [4.69, 9.17) is 4.74 Å². The van der Waals surface area contributed by atoms with E-state index in [-0.39, 0.29) is 17.6 Å². The molecule has 0 saturated heterocycles. The first-order valence-electron chi connectivity index (χ1n) is 11.4. The fourth-order valence-corrected chi connectivity index (χ4v) is 4.81. The van der Waals surface area contributed by atoms with Crippen molar-refractivity contribution in [2.75, 3.05) is 24.7 Å². The molecule has 2 aromatic carbocycles. The molecule has 0 amide bonds. The standard InChI is InChI=1S/C27H34N2O5S/c1-26(2,3)23-15-18(22-8-7-13-28-25(22)31)14-19(24(23)34-5)16-27(4,17-30)20-9-11-21(12-10-20)29-35(6,32)33/h7-15,29-30H,16-17H2,1-6H3,(H,28,31). The number of ether oxygens (including phenoxy) is 1. The second-order valence-electron chi connectivity index (χ2n) is 10.2. The lowest BCUT2D eigenvalue weighted by atomic mass is 9.75. The molecule has 7 nitrogen and oxygen atoms in total. The van der Waals surface area contributed by atoms with Crippen molar-refractivity contribution in [3.8, 4) is 16.9 Å². The number of benzene rings is 2. The Hall–Kier alpha value is -3.10.